The van der Waals surface area contributed by atoms with Gasteiger partial charge < -0.3 is 14.2 Å². The maximum atomic E-state index is 6.10. The highest BCUT2D eigenvalue weighted by atomic mass is 32.5. The number of H-pyrrole nitrogens is 1. The van der Waals surface area contributed by atoms with Crippen molar-refractivity contribution in [3.05, 3.63) is 30.1 Å². The van der Waals surface area contributed by atoms with E-state index in [0.29, 0.717) is 18.9 Å². The van der Waals surface area contributed by atoms with E-state index >= 15 is 0 Å². The average Bonchev–Trinajstić information content (AvgIpc) is 3.16. The summed E-state index contributed by atoms with van der Waals surface area (Å²) < 4.78 is 23.9. The summed E-state index contributed by atoms with van der Waals surface area (Å²) in [6.07, 6.45) is 6.71. The molecule has 0 fully saturated rings. The number of aromatic amines is 1. The maximum Gasteiger partial charge on any atom is 0.380 e. The van der Waals surface area contributed by atoms with Gasteiger partial charge in [-0.2, -0.15) is 0 Å². The van der Waals surface area contributed by atoms with Gasteiger partial charge in [0.25, 0.3) is 0 Å². The van der Waals surface area contributed by atoms with E-state index in [0.717, 1.165) is 18.0 Å². The van der Waals surface area contributed by atoms with Crippen molar-refractivity contribution in [2.75, 3.05) is 6.61 Å². The summed E-state index contributed by atoms with van der Waals surface area (Å²) in [7, 11) is 0. The van der Waals surface area contributed by atoms with Crippen LogP contribution in [0.3, 0.4) is 0 Å². The van der Waals surface area contributed by atoms with Crippen LogP contribution >= 0.6 is 6.72 Å². The summed E-state index contributed by atoms with van der Waals surface area (Å²) in [6.45, 7) is 7.67. The van der Waals surface area contributed by atoms with Crippen molar-refractivity contribution < 1.29 is 18.3 Å². The third kappa shape index (κ3) is 5.90. The van der Waals surface area contributed by atoms with Crippen LogP contribution in [0.25, 0.3) is 0 Å². The summed E-state index contributed by atoms with van der Waals surface area (Å²) in [4.78, 5) is 7.29. The number of nitrogens with zero attached hydrogens (tertiary/aromatic N) is 1. The minimum atomic E-state index is -2.91. The van der Waals surface area contributed by atoms with Gasteiger partial charge in [0.1, 0.15) is 17.7 Å². The fourth-order valence-corrected chi connectivity index (χ4v) is 5.05. The highest BCUT2D eigenvalue weighted by molar-refractivity contribution is 8.07. The second kappa shape index (κ2) is 9.28. The van der Waals surface area contributed by atoms with Crippen LogP contribution in [0, 0.1) is 5.92 Å². The van der Waals surface area contributed by atoms with Crippen molar-refractivity contribution in [2.24, 2.45) is 5.92 Å². The van der Waals surface area contributed by atoms with Crippen LogP contribution in [0.4, 0.5) is 0 Å². The molecule has 0 saturated heterocycles. The number of nitrogens with one attached hydrogen (secondary N) is 1. The van der Waals surface area contributed by atoms with Crippen molar-refractivity contribution in [1.29, 1.82) is 0 Å². The zero-order chi connectivity index (χ0) is 18.4. The van der Waals surface area contributed by atoms with Crippen LogP contribution < -0.4 is 0 Å². The molecule has 4 unspecified atom stereocenters. The van der Waals surface area contributed by atoms with Gasteiger partial charge >= 0.3 is 6.72 Å². The summed E-state index contributed by atoms with van der Waals surface area (Å²) in [5, 5.41) is 0. The Bertz CT molecular complexity index is 606. The monoisotopic (exact) mass is 388 g/mol. The van der Waals surface area contributed by atoms with Crippen LogP contribution in [0.2, 0.25) is 0 Å². The molecule has 2 rings (SSSR count). The SMILES string of the molecule is CCOP(=S)(OC1=CC(C(C)C)OC1CC)OC(C)Cc1ncc[nH]1. The Labute approximate surface area is 155 Å². The lowest BCUT2D eigenvalue weighted by atomic mass is 10.1. The topological polar surface area (TPSA) is 65.6 Å². The lowest BCUT2D eigenvalue weighted by molar-refractivity contribution is 0.0158. The van der Waals surface area contributed by atoms with Crippen molar-refractivity contribution >= 4 is 18.5 Å². The molecule has 0 spiro atoms. The first-order valence-electron chi connectivity index (χ1n) is 8.84. The van der Waals surface area contributed by atoms with E-state index < -0.39 is 6.72 Å². The third-order valence-electron chi connectivity index (χ3n) is 3.84. The molecule has 1 aliphatic heterocycles. The van der Waals surface area contributed by atoms with E-state index in [1.165, 1.54) is 0 Å². The first-order valence-corrected chi connectivity index (χ1v) is 11.4. The Morgan fingerprint density at radius 1 is 1.36 bits per heavy atom. The predicted octanol–water partition coefficient (Wildman–Crippen LogP) is 4.35. The third-order valence-corrected chi connectivity index (χ3v) is 6.27. The van der Waals surface area contributed by atoms with Gasteiger partial charge in [0.2, 0.25) is 0 Å². The van der Waals surface area contributed by atoms with Gasteiger partial charge in [0.05, 0.1) is 18.8 Å². The Morgan fingerprint density at radius 3 is 2.68 bits per heavy atom. The van der Waals surface area contributed by atoms with E-state index in [1.54, 1.807) is 12.4 Å². The normalized spacial score (nSPS) is 24.2. The van der Waals surface area contributed by atoms with Gasteiger partial charge in [-0.25, -0.2) is 4.98 Å². The molecule has 0 radical (unpaired) electrons. The van der Waals surface area contributed by atoms with Gasteiger partial charge in [-0.05, 0) is 32.3 Å². The molecular formula is C17H29N2O4PS. The van der Waals surface area contributed by atoms with Crippen molar-refractivity contribution in [1.82, 2.24) is 9.97 Å². The van der Waals surface area contributed by atoms with E-state index in [-0.39, 0.29) is 18.3 Å². The van der Waals surface area contributed by atoms with Crippen molar-refractivity contribution in [3.63, 3.8) is 0 Å². The molecule has 4 atom stereocenters. The minimum Gasteiger partial charge on any atom is -0.426 e. The molecule has 0 aromatic carbocycles. The fourth-order valence-electron chi connectivity index (χ4n) is 2.61. The minimum absolute atomic E-state index is 0.0329. The molecule has 1 aromatic rings. The van der Waals surface area contributed by atoms with Crippen LogP contribution in [0.15, 0.2) is 24.2 Å². The first kappa shape index (κ1) is 20.6. The molecule has 0 amide bonds. The molecule has 142 valence electrons. The molecule has 0 bridgehead atoms. The second-order valence-corrected chi connectivity index (χ2v) is 9.31. The molecule has 1 aliphatic rings. The molecule has 1 N–H and O–H groups in total. The summed E-state index contributed by atoms with van der Waals surface area (Å²) in [6, 6.07) is 0. The smallest absolute Gasteiger partial charge is 0.380 e. The molecule has 8 heteroatoms. The van der Waals surface area contributed by atoms with E-state index in [2.05, 4.69) is 30.7 Å². The number of hydrogen-bond acceptors (Lipinski definition) is 6. The number of rotatable bonds is 10. The predicted molar refractivity (Wildman–Crippen MR) is 102 cm³/mol. The lowest BCUT2D eigenvalue weighted by Gasteiger charge is -2.26. The number of hydrogen-bond donors (Lipinski definition) is 1. The Balaban J connectivity index is 2.07. The van der Waals surface area contributed by atoms with Crippen LogP contribution in [-0.4, -0.2) is 34.9 Å². The van der Waals surface area contributed by atoms with Crippen molar-refractivity contribution in [3.8, 4) is 0 Å². The molecular weight excluding hydrogens is 359 g/mol. The van der Waals surface area contributed by atoms with Crippen LogP contribution in [0.5, 0.6) is 0 Å². The fraction of sp³-hybridized carbons (Fsp3) is 0.706. The quantitative estimate of drug-likeness (QED) is 0.601. The Kier molecular flexibility index (Phi) is 7.65. The molecule has 0 saturated carbocycles. The molecule has 25 heavy (non-hydrogen) atoms. The highest BCUT2D eigenvalue weighted by Crippen LogP contribution is 2.54. The number of aromatic nitrogens is 2. The largest absolute Gasteiger partial charge is 0.426 e. The number of ether oxygens (including phenoxy) is 1. The van der Waals surface area contributed by atoms with Gasteiger partial charge in [0, 0.05) is 30.6 Å². The van der Waals surface area contributed by atoms with Crippen LogP contribution in [-0.2, 0) is 36.5 Å². The van der Waals surface area contributed by atoms with Gasteiger partial charge in [-0.1, -0.05) is 20.8 Å². The van der Waals surface area contributed by atoms with Gasteiger partial charge in [0.15, 0.2) is 0 Å². The van der Waals surface area contributed by atoms with Crippen molar-refractivity contribution in [2.45, 2.75) is 65.8 Å². The molecule has 0 aliphatic carbocycles. The van der Waals surface area contributed by atoms with E-state index in [1.807, 2.05) is 19.9 Å². The molecule has 1 aromatic heterocycles. The zero-order valence-corrected chi connectivity index (χ0v) is 17.3. The first-order chi connectivity index (χ1) is 11.9. The summed E-state index contributed by atoms with van der Waals surface area (Å²) in [5.41, 5.74) is 0. The van der Waals surface area contributed by atoms with E-state index in [4.69, 9.17) is 30.1 Å². The standard InChI is InChI=1S/C17H29N2O4PS/c1-6-14-16(11-15(21-14)12(3)4)23-24(25,20-7-2)22-13(5)10-17-18-8-9-19-17/h8-9,11-15H,6-7,10H2,1-5H3,(H,18,19). The number of imidazole rings is 1. The lowest BCUT2D eigenvalue weighted by Crippen LogP contribution is -2.19. The van der Waals surface area contributed by atoms with Gasteiger partial charge in [-0.3, -0.25) is 9.05 Å². The zero-order valence-electron chi connectivity index (χ0n) is 15.6. The van der Waals surface area contributed by atoms with Crippen LogP contribution in [0.1, 0.15) is 46.9 Å². The molecule has 2 heterocycles. The molecule has 6 nitrogen and oxygen atoms in total. The Morgan fingerprint density at radius 2 is 2.12 bits per heavy atom. The average molecular weight is 388 g/mol. The maximum absolute atomic E-state index is 6.10. The highest BCUT2D eigenvalue weighted by Gasteiger charge is 2.34. The Hall–Kier alpha value is -0.720. The second-order valence-electron chi connectivity index (χ2n) is 6.42. The summed E-state index contributed by atoms with van der Waals surface area (Å²) >= 11 is 5.63. The van der Waals surface area contributed by atoms with E-state index in [9.17, 15) is 0 Å². The summed E-state index contributed by atoms with van der Waals surface area (Å²) in [5.74, 6) is 1.96. The van der Waals surface area contributed by atoms with Gasteiger partial charge in [-0.15, -0.1) is 0 Å².